The van der Waals surface area contributed by atoms with Crippen LogP contribution in [0.2, 0.25) is 0 Å². The molecular weight excluding hydrogens is 224 g/mol. The van der Waals surface area contributed by atoms with Gasteiger partial charge in [-0.1, -0.05) is 18.7 Å². The van der Waals surface area contributed by atoms with Crippen molar-refractivity contribution in [3.05, 3.63) is 29.7 Å². The van der Waals surface area contributed by atoms with Crippen molar-refractivity contribution in [1.29, 1.82) is 0 Å². The van der Waals surface area contributed by atoms with E-state index in [1.807, 2.05) is 25.1 Å². The SMILES string of the molecule is Cc1nc2ccc(CCNC(=O)S)cc2o1. The number of aromatic nitrogens is 1. The van der Waals surface area contributed by atoms with E-state index in [0.717, 1.165) is 23.1 Å². The highest BCUT2D eigenvalue weighted by atomic mass is 32.1. The van der Waals surface area contributed by atoms with Crippen molar-refractivity contribution in [2.45, 2.75) is 13.3 Å². The third-order valence-electron chi connectivity index (χ3n) is 2.25. The minimum atomic E-state index is -0.309. The summed E-state index contributed by atoms with van der Waals surface area (Å²) in [5.74, 6) is 0.663. The number of rotatable bonds is 3. The Bertz CT molecular complexity index is 522. The Labute approximate surface area is 98.5 Å². The van der Waals surface area contributed by atoms with E-state index in [9.17, 15) is 4.79 Å². The molecule has 1 aromatic heterocycles. The normalized spacial score (nSPS) is 10.6. The molecule has 5 heteroatoms. The molecule has 0 aliphatic carbocycles. The highest BCUT2D eigenvalue weighted by Gasteiger charge is 2.03. The molecule has 0 radical (unpaired) electrons. The number of hydrogen-bond acceptors (Lipinski definition) is 3. The van der Waals surface area contributed by atoms with Crippen LogP contribution >= 0.6 is 12.6 Å². The van der Waals surface area contributed by atoms with Crippen LogP contribution in [0.3, 0.4) is 0 Å². The molecule has 0 spiro atoms. The molecule has 0 saturated carbocycles. The second-order valence-electron chi connectivity index (χ2n) is 3.52. The Morgan fingerprint density at radius 2 is 2.38 bits per heavy atom. The van der Waals surface area contributed by atoms with Crippen molar-refractivity contribution in [3.8, 4) is 0 Å². The van der Waals surface area contributed by atoms with Gasteiger partial charge in [0.05, 0.1) is 0 Å². The first-order chi connectivity index (χ1) is 7.65. The Balaban J connectivity index is 2.10. The molecule has 2 rings (SSSR count). The van der Waals surface area contributed by atoms with E-state index in [0.29, 0.717) is 12.4 Å². The van der Waals surface area contributed by atoms with Crippen LogP contribution in [0.1, 0.15) is 11.5 Å². The molecule has 0 fully saturated rings. The summed E-state index contributed by atoms with van der Waals surface area (Å²) in [4.78, 5) is 14.8. The maximum absolute atomic E-state index is 10.6. The molecule has 0 aliphatic rings. The number of hydrogen-bond donors (Lipinski definition) is 2. The number of oxazole rings is 1. The van der Waals surface area contributed by atoms with Gasteiger partial charge in [-0.2, -0.15) is 0 Å². The summed E-state index contributed by atoms with van der Waals surface area (Å²) in [6, 6.07) is 5.85. The van der Waals surface area contributed by atoms with Gasteiger partial charge in [0.2, 0.25) is 0 Å². The van der Waals surface area contributed by atoms with Gasteiger partial charge in [0.1, 0.15) is 5.52 Å². The van der Waals surface area contributed by atoms with E-state index >= 15 is 0 Å². The van der Waals surface area contributed by atoms with Crippen LogP contribution in [0.4, 0.5) is 4.79 Å². The Kier molecular flexibility index (Phi) is 3.14. The topological polar surface area (TPSA) is 55.1 Å². The van der Waals surface area contributed by atoms with Crippen LogP contribution in [0.15, 0.2) is 22.6 Å². The molecule has 0 atom stereocenters. The van der Waals surface area contributed by atoms with Gasteiger partial charge >= 0.3 is 0 Å². The fraction of sp³-hybridized carbons (Fsp3) is 0.273. The van der Waals surface area contributed by atoms with Crippen LogP contribution in [-0.2, 0) is 6.42 Å². The molecule has 1 heterocycles. The number of nitrogens with zero attached hydrogens (tertiary/aromatic N) is 1. The third-order valence-corrected chi connectivity index (χ3v) is 2.41. The first-order valence-corrected chi connectivity index (χ1v) is 5.43. The average molecular weight is 236 g/mol. The Morgan fingerprint density at radius 3 is 3.12 bits per heavy atom. The number of thiol groups is 1. The minimum Gasteiger partial charge on any atom is -0.441 e. The number of carbonyl (C=O) groups excluding carboxylic acids is 1. The van der Waals surface area contributed by atoms with Crippen molar-refractivity contribution in [3.63, 3.8) is 0 Å². The molecule has 4 nitrogen and oxygen atoms in total. The second kappa shape index (κ2) is 4.57. The lowest BCUT2D eigenvalue weighted by Gasteiger charge is -2.01. The minimum absolute atomic E-state index is 0.309. The monoisotopic (exact) mass is 236 g/mol. The molecule has 1 aromatic carbocycles. The van der Waals surface area contributed by atoms with Crippen LogP contribution in [-0.4, -0.2) is 16.8 Å². The fourth-order valence-electron chi connectivity index (χ4n) is 1.55. The van der Waals surface area contributed by atoms with Crippen LogP contribution < -0.4 is 5.32 Å². The van der Waals surface area contributed by atoms with Gasteiger partial charge in [-0.15, -0.1) is 0 Å². The second-order valence-corrected chi connectivity index (χ2v) is 3.92. The Morgan fingerprint density at radius 1 is 1.56 bits per heavy atom. The quantitative estimate of drug-likeness (QED) is 0.804. The number of carbonyl (C=O) groups is 1. The molecule has 2 aromatic rings. The van der Waals surface area contributed by atoms with E-state index in [-0.39, 0.29) is 5.24 Å². The summed E-state index contributed by atoms with van der Waals surface area (Å²) in [5, 5.41) is 2.32. The van der Waals surface area contributed by atoms with Crippen molar-refractivity contribution in [2.24, 2.45) is 0 Å². The fourth-order valence-corrected chi connectivity index (χ4v) is 1.67. The van der Waals surface area contributed by atoms with Crippen LogP contribution in [0.5, 0.6) is 0 Å². The maximum atomic E-state index is 10.6. The maximum Gasteiger partial charge on any atom is 0.275 e. The molecule has 1 N–H and O–H groups in total. The van der Waals surface area contributed by atoms with Crippen molar-refractivity contribution in [2.75, 3.05) is 6.54 Å². The molecule has 1 amide bonds. The van der Waals surface area contributed by atoms with Crippen molar-refractivity contribution in [1.82, 2.24) is 10.3 Å². The van der Waals surface area contributed by atoms with Gasteiger partial charge in [0, 0.05) is 13.5 Å². The van der Waals surface area contributed by atoms with Gasteiger partial charge in [0.15, 0.2) is 11.5 Å². The number of fused-ring (bicyclic) bond motifs is 1. The molecule has 84 valence electrons. The number of amides is 1. The first-order valence-electron chi connectivity index (χ1n) is 4.98. The van der Waals surface area contributed by atoms with E-state index in [1.54, 1.807) is 0 Å². The Hall–Kier alpha value is -1.49. The predicted octanol–water partition coefficient (Wildman–Crippen LogP) is 2.32. The van der Waals surface area contributed by atoms with Gasteiger partial charge in [0.25, 0.3) is 5.24 Å². The van der Waals surface area contributed by atoms with E-state index in [4.69, 9.17) is 4.42 Å². The summed E-state index contributed by atoms with van der Waals surface area (Å²) in [5.41, 5.74) is 2.75. The highest BCUT2D eigenvalue weighted by molar-refractivity contribution is 7.96. The summed E-state index contributed by atoms with van der Waals surface area (Å²) < 4.78 is 5.42. The lowest BCUT2D eigenvalue weighted by molar-refractivity contribution is 0.261. The largest absolute Gasteiger partial charge is 0.441 e. The molecular formula is C11H12N2O2S. The zero-order valence-electron chi connectivity index (χ0n) is 8.86. The van der Waals surface area contributed by atoms with Gasteiger partial charge in [-0.3, -0.25) is 4.79 Å². The summed E-state index contributed by atoms with van der Waals surface area (Å²) in [7, 11) is 0. The predicted molar refractivity (Wildman–Crippen MR) is 64.8 cm³/mol. The van der Waals surface area contributed by atoms with Crippen LogP contribution in [0.25, 0.3) is 11.1 Å². The summed E-state index contributed by atoms with van der Waals surface area (Å²) >= 11 is 3.63. The number of benzene rings is 1. The van der Waals surface area contributed by atoms with E-state index < -0.39 is 0 Å². The lowest BCUT2D eigenvalue weighted by atomic mass is 10.1. The van der Waals surface area contributed by atoms with E-state index in [1.165, 1.54) is 0 Å². The standard InChI is InChI=1S/C11H12N2O2S/c1-7-13-9-3-2-8(6-10(9)15-7)4-5-12-11(14)16/h2-3,6H,4-5H2,1H3,(H2,12,14,16). The van der Waals surface area contributed by atoms with Gasteiger partial charge in [-0.25, -0.2) is 4.98 Å². The van der Waals surface area contributed by atoms with Crippen molar-refractivity contribution < 1.29 is 9.21 Å². The molecule has 0 aliphatic heterocycles. The van der Waals surface area contributed by atoms with Crippen molar-refractivity contribution >= 4 is 29.0 Å². The highest BCUT2D eigenvalue weighted by Crippen LogP contribution is 2.16. The zero-order chi connectivity index (χ0) is 11.5. The smallest absolute Gasteiger partial charge is 0.275 e. The average Bonchev–Trinajstić information content (AvgIpc) is 2.56. The van der Waals surface area contributed by atoms with Crippen LogP contribution in [0, 0.1) is 6.92 Å². The van der Waals surface area contributed by atoms with E-state index in [2.05, 4.69) is 22.9 Å². The first kappa shape index (κ1) is 11.0. The molecule has 0 saturated heterocycles. The van der Waals surface area contributed by atoms with Gasteiger partial charge < -0.3 is 9.73 Å². The third kappa shape index (κ3) is 2.55. The summed E-state index contributed by atoms with van der Waals surface area (Å²) in [6.07, 6.45) is 0.752. The molecule has 0 bridgehead atoms. The summed E-state index contributed by atoms with van der Waals surface area (Å²) in [6.45, 7) is 2.39. The molecule has 0 unspecified atom stereocenters. The van der Waals surface area contributed by atoms with Gasteiger partial charge in [-0.05, 0) is 24.1 Å². The zero-order valence-corrected chi connectivity index (χ0v) is 9.75. The molecule has 16 heavy (non-hydrogen) atoms. The number of nitrogens with one attached hydrogen (secondary N) is 1. The lowest BCUT2D eigenvalue weighted by Crippen LogP contribution is -2.19. The number of aryl methyl sites for hydroxylation is 1.